The molecule has 2 aromatic rings. The van der Waals surface area contributed by atoms with E-state index in [1.807, 2.05) is 30.5 Å². The highest BCUT2D eigenvalue weighted by Crippen LogP contribution is 2.25. The van der Waals surface area contributed by atoms with Gasteiger partial charge in [0.25, 0.3) is 0 Å². The summed E-state index contributed by atoms with van der Waals surface area (Å²) in [4.78, 5) is 4.67. The van der Waals surface area contributed by atoms with Crippen molar-refractivity contribution in [2.24, 2.45) is 4.99 Å². The zero-order valence-electron chi connectivity index (χ0n) is 12.4. The minimum atomic E-state index is 0.0591. The average molecular weight is 286 g/mol. The van der Waals surface area contributed by atoms with Crippen LogP contribution in [-0.2, 0) is 0 Å². The first-order valence-electron chi connectivity index (χ1n) is 6.84. The Labute approximate surface area is 126 Å². The van der Waals surface area contributed by atoms with Crippen molar-refractivity contribution in [2.45, 2.75) is 33.7 Å². The fraction of sp³-hybridized carbons (Fsp3) is 0.278. The molecule has 0 spiro atoms. The van der Waals surface area contributed by atoms with E-state index in [0.717, 1.165) is 10.6 Å². The zero-order valence-corrected chi connectivity index (χ0v) is 13.2. The average Bonchev–Trinajstić information content (AvgIpc) is 2.37. The maximum Gasteiger partial charge on any atom is 0.0735 e. The van der Waals surface area contributed by atoms with E-state index in [1.165, 1.54) is 22.3 Å². The van der Waals surface area contributed by atoms with Crippen LogP contribution in [0.3, 0.4) is 0 Å². The number of rotatable bonds is 3. The zero-order chi connectivity index (χ0) is 14.7. The molecule has 2 aromatic carbocycles. The largest absolute Gasteiger partial charge is 0.285 e. The molecule has 0 aliphatic heterocycles. The van der Waals surface area contributed by atoms with Crippen molar-refractivity contribution >= 4 is 17.8 Å². The number of halogens is 1. The van der Waals surface area contributed by atoms with Crippen molar-refractivity contribution in [3.63, 3.8) is 0 Å². The molecule has 2 rings (SSSR count). The number of hydrogen-bond acceptors (Lipinski definition) is 1. The van der Waals surface area contributed by atoms with E-state index in [2.05, 4.69) is 44.8 Å². The maximum atomic E-state index is 6.21. The molecule has 0 bridgehead atoms. The molecule has 0 N–H and O–H groups in total. The topological polar surface area (TPSA) is 12.4 Å². The highest BCUT2D eigenvalue weighted by Gasteiger charge is 2.07. The Hall–Kier alpha value is -1.60. The van der Waals surface area contributed by atoms with Crippen LogP contribution in [0, 0.1) is 20.8 Å². The molecule has 1 atom stereocenters. The van der Waals surface area contributed by atoms with Gasteiger partial charge < -0.3 is 0 Å². The maximum absolute atomic E-state index is 6.21. The Morgan fingerprint density at radius 1 is 1.05 bits per heavy atom. The molecule has 0 saturated carbocycles. The third-order valence-electron chi connectivity index (χ3n) is 3.52. The molecule has 0 fully saturated rings. The molecule has 104 valence electrons. The fourth-order valence-electron chi connectivity index (χ4n) is 2.48. The molecule has 2 heteroatoms. The van der Waals surface area contributed by atoms with Gasteiger partial charge in [0.1, 0.15) is 0 Å². The summed E-state index contributed by atoms with van der Waals surface area (Å²) in [7, 11) is 0. The van der Waals surface area contributed by atoms with Crippen LogP contribution in [0.1, 0.15) is 40.8 Å². The van der Waals surface area contributed by atoms with Gasteiger partial charge in [-0.15, -0.1) is 0 Å². The first kappa shape index (κ1) is 14.8. The molecule has 1 nitrogen and oxygen atoms in total. The van der Waals surface area contributed by atoms with Gasteiger partial charge in [-0.1, -0.05) is 47.5 Å². The third kappa shape index (κ3) is 3.29. The van der Waals surface area contributed by atoms with E-state index < -0.39 is 0 Å². The van der Waals surface area contributed by atoms with Gasteiger partial charge in [0.05, 0.1) is 6.04 Å². The lowest BCUT2D eigenvalue weighted by Gasteiger charge is -2.10. The van der Waals surface area contributed by atoms with Crippen molar-refractivity contribution in [3.05, 3.63) is 69.2 Å². The first-order valence-corrected chi connectivity index (χ1v) is 7.22. The lowest BCUT2D eigenvalue weighted by Crippen LogP contribution is -1.96. The molecule has 0 aliphatic rings. The van der Waals surface area contributed by atoms with Gasteiger partial charge in [0.15, 0.2) is 0 Å². The van der Waals surface area contributed by atoms with Crippen LogP contribution >= 0.6 is 11.6 Å². The van der Waals surface area contributed by atoms with Crippen LogP contribution in [-0.4, -0.2) is 6.21 Å². The van der Waals surface area contributed by atoms with E-state index >= 15 is 0 Å². The summed E-state index contributed by atoms with van der Waals surface area (Å²) in [6.07, 6.45) is 1.97. The Kier molecular flexibility index (Phi) is 4.61. The second kappa shape index (κ2) is 6.23. The monoisotopic (exact) mass is 285 g/mol. The van der Waals surface area contributed by atoms with Crippen LogP contribution in [0.4, 0.5) is 0 Å². The fourth-order valence-corrected chi connectivity index (χ4v) is 2.77. The van der Waals surface area contributed by atoms with Crippen molar-refractivity contribution in [1.82, 2.24) is 0 Å². The van der Waals surface area contributed by atoms with Crippen LogP contribution in [0.2, 0.25) is 5.02 Å². The highest BCUT2D eigenvalue weighted by atomic mass is 35.5. The normalized spacial score (nSPS) is 12.8. The summed E-state index contributed by atoms with van der Waals surface area (Å²) in [5, 5.41) is 0.773. The quantitative estimate of drug-likeness (QED) is 0.665. The number of hydrogen-bond donors (Lipinski definition) is 0. The van der Waals surface area contributed by atoms with Crippen LogP contribution in [0.25, 0.3) is 0 Å². The number of benzene rings is 2. The molecular weight excluding hydrogens is 266 g/mol. The van der Waals surface area contributed by atoms with E-state index in [9.17, 15) is 0 Å². The van der Waals surface area contributed by atoms with Gasteiger partial charge >= 0.3 is 0 Å². The molecule has 0 aliphatic carbocycles. The van der Waals surface area contributed by atoms with Gasteiger partial charge in [0.2, 0.25) is 0 Å². The van der Waals surface area contributed by atoms with Crippen LogP contribution in [0.15, 0.2) is 41.4 Å². The number of nitrogens with zero attached hydrogens (tertiary/aromatic N) is 1. The summed E-state index contributed by atoms with van der Waals surface area (Å²) in [6, 6.07) is 12.3. The van der Waals surface area contributed by atoms with E-state index in [-0.39, 0.29) is 6.04 Å². The first-order chi connectivity index (χ1) is 9.49. The van der Waals surface area contributed by atoms with Crippen LogP contribution in [0.5, 0.6) is 0 Å². The third-order valence-corrected chi connectivity index (χ3v) is 3.86. The molecular formula is C18H20ClN. The smallest absolute Gasteiger partial charge is 0.0735 e. The Bertz CT molecular complexity index is 621. The Morgan fingerprint density at radius 3 is 2.25 bits per heavy atom. The molecule has 0 amide bonds. The minimum Gasteiger partial charge on any atom is -0.285 e. The molecule has 0 heterocycles. The second-order valence-corrected chi connectivity index (χ2v) is 5.70. The summed E-state index contributed by atoms with van der Waals surface area (Å²) < 4.78 is 0. The predicted molar refractivity (Wildman–Crippen MR) is 88.1 cm³/mol. The molecule has 1 unspecified atom stereocenters. The molecule has 0 saturated heterocycles. The number of aliphatic imine (C=N–C) groups is 1. The summed E-state index contributed by atoms with van der Waals surface area (Å²) >= 11 is 6.21. The van der Waals surface area contributed by atoms with Crippen molar-refractivity contribution in [2.75, 3.05) is 0 Å². The van der Waals surface area contributed by atoms with Gasteiger partial charge in [-0.2, -0.15) is 0 Å². The number of aryl methyl sites for hydroxylation is 3. The summed E-state index contributed by atoms with van der Waals surface area (Å²) in [5.41, 5.74) is 6.08. The van der Waals surface area contributed by atoms with Gasteiger partial charge in [-0.25, -0.2) is 0 Å². The standard InChI is InChI=1S/C18H20ClN/c1-12-9-13(2)17(14(3)10-12)11-20-15(4)16-7-5-6-8-18(16)19/h5-11,15H,1-4H3/b20-11-. The van der Waals surface area contributed by atoms with Crippen molar-refractivity contribution < 1.29 is 0 Å². The summed E-state index contributed by atoms with van der Waals surface area (Å²) in [5.74, 6) is 0. The van der Waals surface area contributed by atoms with E-state index in [0.29, 0.717) is 0 Å². The van der Waals surface area contributed by atoms with Gasteiger partial charge in [0, 0.05) is 11.2 Å². The lowest BCUT2D eigenvalue weighted by atomic mass is 10.0. The van der Waals surface area contributed by atoms with E-state index in [4.69, 9.17) is 11.6 Å². The second-order valence-electron chi connectivity index (χ2n) is 5.29. The predicted octanol–water partition coefficient (Wildman–Crippen LogP) is 5.45. The summed E-state index contributed by atoms with van der Waals surface area (Å²) in [6.45, 7) is 8.44. The van der Waals surface area contributed by atoms with Gasteiger partial charge in [-0.3, -0.25) is 4.99 Å². The molecule has 20 heavy (non-hydrogen) atoms. The Morgan fingerprint density at radius 2 is 1.65 bits per heavy atom. The highest BCUT2D eigenvalue weighted by molar-refractivity contribution is 6.31. The molecule has 0 aromatic heterocycles. The van der Waals surface area contributed by atoms with Crippen molar-refractivity contribution in [3.8, 4) is 0 Å². The van der Waals surface area contributed by atoms with Gasteiger partial charge in [-0.05, 0) is 56.0 Å². The Balaban J connectivity index is 2.28. The van der Waals surface area contributed by atoms with Crippen LogP contribution < -0.4 is 0 Å². The molecule has 0 radical (unpaired) electrons. The SMILES string of the molecule is Cc1cc(C)c(/C=N\C(C)c2ccccc2Cl)c(C)c1. The van der Waals surface area contributed by atoms with Crippen molar-refractivity contribution in [1.29, 1.82) is 0 Å². The minimum absolute atomic E-state index is 0.0591. The van der Waals surface area contributed by atoms with E-state index in [1.54, 1.807) is 0 Å². The lowest BCUT2D eigenvalue weighted by molar-refractivity contribution is 0.825.